The summed E-state index contributed by atoms with van der Waals surface area (Å²) in [5.74, 6) is 0.338. The number of piperidine rings is 1. The number of aromatic nitrogens is 3. The van der Waals surface area contributed by atoms with Gasteiger partial charge in [-0.05, 0) is 56.1 Å². The first-order valence-electron chi connectivity index (χ1n) is 9.69. The molecule has 3 aromatic heterocycles. The molecule has 0 spiro atoms. The molecule has 1 aromatic carbocycles. The van der Waals surface area contributed by atoms with Gasteiger partial charge in [0.1, 0.15) is 5.65 Å². The van der Waals surface area contributed by atoms with Crippen molar-refractivity contribution >= 4 is 22.4 Å². The Kier molecular flexibility index (Phi) is 3.98. The van der Waals surface area contributed by atoms with Crippen LogP contribution >= 0.6 is 0 Å². The lowest BCUT2D eigenvalue weighted by Gasteiger charge is -2.30. The smallest absolute Gasteiger partial charge is 0.408 e. The van der Waals surface area contributed by atoms with Crippen molar-refractivity contribution in [2.45, 2.75) is 26.3 Å². The Morgan fingerprint density at radius 3 is 2.89 bits per heavy atom. The van der Waals surface area contributed by atoms with Gasteiger partial charge in [-0.25, -0.2) is 9.78 Å². The van der Waals surface area contributed by atoms with Crippen molar-refractivity contribution in [2.24, 2.45) is 5.92 Å². The van der Waals surface area contributed by atoms with Crippen molar-refractivity contribution < 1.29 is 4.42 Å². The molecular formula is C21H23N5O2. The lowest BCUT2D eigenvalue weighted by molar-refractivity contribution is 0.183. The van der Waals surface area contributed by atoms with Crippen LogP contribution < -0.4 is 11.5 Å². The molecule has 1 saturated heterocycles. The van der Waals surface area contributed by atoms with Crippen molar-refractivity contribution in [1.29, 1.82) is 0 Å². The summed E-state index contributed by atoms with van der Waals surface area (Å²) in [6.07, 6.45) is 4.37. The molecule has 0 unspecified atom stereocenters. The number of nitrogens with two attached hydrogens (primary N) is 1. The van der Waals surface area contributed by atoms with Crippen LogP contribution in [-0.4, -0.2) is 32.4 Å². The van der Waals surface area contributed by atoms with Gasteiger partial charge in [0.05, 0.1) is 16.9 Å². The Bertz CT molecular complexity index is 1210. The number of fused-ring (bicyclic) bond motifs is 2. The molecule has 4 heterocycles. The number of oxazole rings is 1. The van der Waals surface area contributed by atoms with Crippen LogP contribution in [0.25, 0.3) is 28.0 Å². The first-order chi connectivity index (χ1) is 13.6. The summed E-state index contributed by atoms with van der Waals surface area (Å²) in [5, 5.41) is 0. The Labute approximate surface area is 161 Å². The number of hydrogen-bond acceptors (Lipinski definition) is 5. The molecule has 7 nitrogen and oxygen atoms in total. The molecule has 5 rings (SSSR count). The quantitative estimate of drug-likeness (QED) is 0.572. The summed E-state index contributed by atoms with van der Waals surface area (Å²) >= 11 is 0. The van der Waals surface area contributed by atoms with E-state index < -0.39 is 5.76 Å². The fourth-order valence-electron chi connectivity index (χ4n) is 4.02. The normalized spacial score (nSPS) is 16.3. The van der Waals surface area contributed by atoms with Gasteiger partial charge in [0.2, 0.25) is 0 Å². The highest BCUT2D eigenvalue weighted by Gasteiger charge is 2.21. The molecule has 7 heteroatoms. The first-order valence-corrected chi connectivity index (χ1v) is 9.69. The third-order valence-corrected chi connectivity index (χ3v) is 5.68. The molecule has 0 amide bonds. The number of likely N-dealkylation sites (tertiary alicyclic amines) is 1. The molecule has 3 N–H and O–H groups in total. The monoisotopic (exact) mass is 377 g/mol. The zero-order chi connectivity index (χ0) is 19.3. The molecule has 0 saturated carbocycles. The standard InChI is InChI=1S/C21H23N5O2/c1-13-6-8-25(9-7-13)12-17-20(24-19-5-3-15(22)11-26(17)19)14-2-4-16-18(10-14)28-21(27)23-16/h2-5,10-11,13H,6-9,12,22H2,1H3,(H,23,27). The Morgan fingerprint density at radius 1 is 1.25 bits per heavy atom. The van der Waals surface area contributed by atoms with E-state index in [0.717, 1.165) is 48.2 Å². The number of benzene rings is 1. The highest BCUT2D eigenvalue weighted by Crippen LogP contribution is 2.29. The third kappa shape index (κ3) is 2.97. The number of H-pyrrole nitrogens is 1. The zero-order valence-electron chi connectivity index (χ0n) is 15.8. The first kappa shape index (κ1) is 17.1. The number of anilines is 1. The minimum atomic E-state index is -0.447. The number of hydrogen-bond donors (Lipinski definition) is 2. The van der Waals surface area contributed by atoms with Crippen LogP contribution in [-0.2, 0) is 6.54 Å². The molecule has 0 radical (unpaired) electrons. The Hall–Kier alpha value is -3.06. The maximum atomic E-state index is 11.5. The van der Waals surface area contributed by atoms with E-state index in [1.807, 2.05) is 36.5 Å². The number of rotatable bonds is 3. The largest absolute Gasteiger partial charge is 0.417 e. The van der Waals surface area contributed by atoms with Crippen LogP contribution in [0.5, 0.6) is 0 Å². The predicted molar refractivity (Wildman–Crippen MR) is 109 cm³/mol. The Balaban J connectivity index is 1.63. The van der Waals surface area contributed by atoms with E-state index in [1.165, 1.54) is 12.8 Å². The van der Waals surface area contributed by atoms with Crippen LogP contribution in [0.3, 0.4) is 0 Å². The summed E-state index contributed by atoms with van der Waals surface area (Å²) < 4.78 is 7.33. The maximum absolute atomic E-state index is 11.5. The SMILES string of the molecule is CC1CCN(Cc2c(-c3ccc4[nH]c(=O)oc4c3)nc3ccc(N)cn23)CC1. The van der Waals surface area contributed by atoms with Crippen LogP contribution in [0.15, 0.2) is 45.7 Å². The van der Waals surface area contributed by atoms with E-state index in [2.05, 4.69) is 21.2 Å². The minimum absolute atomic E-state index is 0.447. The molecular weight excluding hydrogens is 354 g/mol. The highest BCUT2D eigenvalue weighted by atomic mass is 16.4. The highest BCUT2D eigenvalue weighted by molar-refractivity contribution is 5.80. The van der Waals surface area contributed by atoms with Crippen LogP contribution in [0.1, 0.15) is 25.5 Å². The maximum Gasteiger partial charge on any atom is 0.417 e. The summed E-state index contributed by atoms with van der Waals surface area (Å²) in [6.45, 7) is 5.29. The van der Waals surface area contributed by atoms with Crippen LogP contribution in [0.4, 0.5) is 5.69 Å². The lowest BCUT2D eigenvalue weighted by Crippen LogP contribution is -2.32. The van der Waals surface area contributed by atoms with Gasteiger partial charge in [-0.3, -0.25) is 9.88 Å². The predicted octanol–water partition coefficient (Wildman–Crippen LogP) is 3.25. The van der Waals surface area contributed by atoms with E-state index in [4.69, 9.17) is 15.1 Å². The number of pyridine rings is 1. The van der Waals surface area contributed by atoms with Crippen molar-refractivity contribution in [3.8, 4) is 11.3 Å². The van der Waals surface area contributed by atoms with E-state index in [9.17, 15) is 4.79 Å². The van der Waals surface area contributed by atoms with E-state index in [-0.39, 0.29) is 0 Å². The summed E-state index contributed by atoms with van der Waals surface area (Å²) in [5.41, 5.74) is 11.8. The number of nitrogen functional groups attached to an aromatic ring is 1. The molecule has 1 aliphatic heterocycles. The van der Waals surface area contributed by atoms with Gasteiger partial charge in [0, 0.05) is 24.0 Å². The second kappa shape index (κ2) is 6.53. The van der Waals surface area contributed by atoms with E-state index in [0.29, 0.717) is 16.8 Å². The Morgan fingerprint density at radius 2 is 2.07 bits per heavy atom. The topological polar surface area (TPSA) is 92.6 Å². The molecule has 0 aliphatic carbocycles. The average molecular weight is 377 g/mol. The second-order valence-corrected chi connectivity index (χ2v) is 7.78. The summed E-state index contributed by atoms with van der Waals surface area (Å²) in [7, 11) is 0. The van der Waals surface area contributed by atoms with Crippen molar-refractivity contribution in [2.75, 3.05) is 18.8 Å². The van der Waals surface area contributed by atoms with Crippen molar-refractivity contribution in [3.63, 3.8) is 0 Å². The van der Waals surface area contributed by atoms with Crippen LogP contribution in [0.2, 0.25) is 0 Å². The number of nitrogens with zero attached hydrogens (tertiary/aromatic N) is 3. The van der Waals surface area contributed by atoms with Gasteiger partial charge in [0.15, 0.2) is 5.58 Å². The fourth-order valence-corrected chi connectivity index (χ4v) is 4.02. The second-order valence-electron chi connectivity index (χ2n) is 7.78. The molecule has 1 fully saturated rings. The molecule has 1 aliphatic rings. The number of imidazole rings is 1. The number of nitrogens with one attached hydrogen (secondary N) is 1. The van der Waals surface area contributed by atoms with E-state index in [1.54, 1.807) is 0 Å². The number of aromatic amines is 1. The van der Waals surface area contributed by atoms with Gasteiger partial charge in [-0.2, -0.15) is 0 Å². The van der Waals surface area contributed by atoms with Crippen LogP contribution in [0, 0.1) is 5.92 Å². The molecule has 28 heavy (non-hydrogen) atoms. The van der Waals surface area contributed by atoms with Gasteiger partial charge in [-0.1, -0.05) is 13.0 Å². The van der Waals surface area contributed by atoms with Gasteiger partial charge in [0.25, 0.3) is 0 Å². The minimum Gasteiger partial charge on any atom is -0.408 e. The van der Waals surface area contributed by atoms with E-state index >= 15 is 0 Å². The summed E-state index contributed by atoms with van der Waals surface area (Å²) in [6, 6.07) is 9.52. The average Bonchev–Trinajstić information content (AvgIpc) is 3.22. The third-order valence-electron chi connectivity index (χ3n) is 5.68. The molecule has 0 bridgehead atoms. The van der Waals surface area contributed by atoms with Gasteiger partial charge >= 0.3 is 5.76 Å². The van der Waals surface area contributed by atoms with Crippen molar-refractivity contribution in [3.05, 3.63) is 52.8 Å². The molecule has 4 aromatic rings. The van der Waals surface area contributed by atoms with Gasteiger partial charge < -0.3 is 14.6 Å². The van der Waals surface area contributed by atoms with Crippen molar-refractivity contribution in [1.82, 2.24) is 19.3 Å². The molecule has 144 valence electrons. The lowest BCUT2D eigenvalue weighted by atomic mass is 9.99. The molecule has 0 atom stereocenters. The zero-order valence-corrected chi connectivity index (χ0v) is 15.8. The fraction of sp³-hybridized carbons (Fsp3) is 0.333. The summed E-state index contributed by atoms with van der Waals surface area (Å²) in [4.78, 5) is 21.5. The van der Waals surface area contributed by atoms with Gasteiger partial charge in [-0.15, -0.1) is 0 Å².